The van der Waals surface area contributed by atoms with Crippen molar-refractivity contribution in [3.63, 3.8) is 0 Å². The summed E-state index contributed by atoms with van der Waals surface area (Å²) in [5.41, 5.74) is 0. The van der Waals surface area contributed by atoms with Gasteiger partial charge in [0.1, 0.15) is 0 Å². The van der Waals surface area contributed by atoms with Crippen LogP contribution >= 0.6 is 0 Å². The van der Waals surface area contributed by atoms with Crippen LogP contribution in [0.2, 0.25) is 0 Å². The molecule has 2 nitrogen and oxygen atoms in total. The van der Waals surface area contributed by atoms with Crippen LogP contribution in [-0.4, -0.2) is 36.6 Å². The van der Waals surface area contributed by atoms with Crippen LogP contribution in [0.3, 0.4) is 0 Å². The van der Waals surface area contributed by atoms with Gasteiger partial charge in [-0.3, -0.25) is 4.90 Å². The van der Waals surface area contributed by atoms with E-state index in [0.717, 1.165) is 35.8 Å². The van der Waals surface area contributed by atoms with Gasteiger partial charge in [-0.1, -0.05) is 6.92 Å². The molecule has 1 aliphatic heterocycles. The van der Waals surface area contributed by atoms with Crippen LogP contribution < -0.4 is 5.32 Å². The quantitative estimate of drug-likeness (QED) is 0.762. The predicted molar refractivity (Wildman–Crippen MR) is 65.3 cm³/mol. The minimum atomic E-state index is 0.771. The van der Waals surface area contributed by atoms with E-state index in [1.807, 2.05) is 0 Å². The molecule has 4 fully saturated rings. The maximum atomic E-state index is 3.64. The Morgan fingerprint density at radius 2 is 1.94 bits per heavy atom. The highest BCUT2D eigenvalue weighted by Crippen LogP contribution is 2.67. The van der Waals surface area contributed by atoms with Crippen molar-refractivity contribution >= 4 is 0 Å². The molecule has 0 aromatic carbocycles. The number of piperazine rings is 1. The molecule has 2 heteroatoms. The second kappa shape index (κ2) is 3.46. The van der Waals surface area contributed by atoms with Gasteiger partial charge < -0.3 is 5.32 Å². The first-order valence-corrected chi connectivity index (χ1v) is 7.36. The summed E-state index contributed by atoms with van der Waals surface area (Å²) >= 11 is 0. The summed E-state index contributed by atoms with van der Waals surface area (Å²) in [5, 5.41) is 3.64. The van der Waals surface area contributed by atoms with E-state index in [2.05, 4.69) is 17.1 Å². The zero-order valence-electron chi connectivity index (χ0n) is 10.4. The maximum Gasteiger partial charge on any atom is 0.0193 e. The summed E-state index contributed by atoms with van der Waals surface area (Å²) in [6.07, 6.45) is 6.01. The molecule has 1 N–H and O–H groups in total. The topological polar surface area (TPSA) is 15.3 Å². The first-order valence-electron chi connectivity index (χ1n) is 7.36. The van der Waals surface area contributed by atoms with Gasteiger partial charge in [0.25, 0.3) is 0 Å². The molecular weight excluding hydrogens is 196 g/mol. The molecule has 90 valence electrons. The van der Waals surface area contributed by atoms with Gasteiger partial charge in [0, 0.05) is 31.7 Å². The molecule has 1 heterocycles. The lowest BCUT2D eigenvalue weighted by Gasteiger charge is -2.35. The average molecular weight is 220 g/mol. The fourth-order valence-electron chi connectivity index (χ4n) is 5.16. The van der Waals surface area contributed by atoms with Crippen molar-refractivity contribution < 1.29 is 0 Å². The van der Waals surface area contributed by atoms with Crippen molar-refractivity contribution in [2.24, 2.45) is 23.7 Å². The normalized spacial score (nSPS) is 55.3. The van der Waals surface area contributed by atoms with Crippen LogP contribution in [0.1, 0.15) is 32.6 Å². The second-order valence-electron chi connectivity index (χ2n) is 6.53. The third kappa shape index (κ3) is 1.26. The lowest BCUT2D eigenvalue weighted by atomic mass is 10.0. The highest BCUT2D eigenvalue weighted by atomic mass is 15.3. The Labute approximate surface area is 98.8 Å². The third-order valence-electron chi connectivity index (χ3n) is 5.90. The minimum absolute atomic E-state index is 0.771. The van der Waals surface area contributed by atoms with Gasteiger partial charge in [-0.15, -0.1) is 0 Å². The van der Waals surface area contributed by atoms with Crippen LogP contribution in [0, 0.1) is 23.7 Å². The van der Waals surface area contributed by atoms with E-state index in [0.29, 0.717) is 0 Å². The summed E-state index contributed by atoms with van der Waals surface area (Å²) in [4.78, 5) is 2.84. The monoisotopic (exact) mass is 220 g/mol. The molecule has 3 aliphatic carbocycles. The fraction of sp³-hybridized carbons (Fsp3) is 1.00. The molecule has 3 saturated carbocycles. The smallest absolute Gasteiger partial charge is 0.0193 e. The zero-order chi connectivity index (χ0) is 10.7. The van der Waals surface area contributed by atoms with Gasteiger partial charge in [0.05, 0.1) is 0 Å². The van der Waals surface area contributed by atoms with Crippen molar-refractivity contribution in [2.75, 3.05) is 19.6 Å². The molecule has 4 aliphatic rings. The first-order chi connectivity index (χ1) is 7.88. The SMILES string of the molecule is CCC1CN(C2C3C4CCC(C4)C32)CCN1. The van der Waals surface area contributed by atoms with Gasteiger partial charge in [-0.05, 0) is 49.4 Å². The van der Waals surface area contributed by atoms with Gasteiger partial charge in [-0.2, -0.15) is 0 Å². The Morgan fingerprint density at radius 3 is 2.62 bits per heavy atom. The summed E-state index contributed by atoms with van der Waals surface area (Å²) in [6, 6.07) is 1.79. The van der Waals surface area contributed by atoms with E-state index >= 15 is 0 Å². The Balaban J connectivity index is 1.45. The van der Waals surface area contributed by atoms with E-state index in [9.17, 15) is 0 Å². The van der Waals surface area contributed by atoms with Crippen molar-refractivity contribution in [3.05, 3.63) is 0 Å². The summed E-state index contributed by atoms with van der Waals surface area (Å²) in [6.45, 7) is 6.18. The molecular formula is C14H24N2. The zero-order valence-corrected chi connectivity index (χ0v) is 10.4. The maximum absolute atomic E-state index is 3.64. The standard InChI is InChI=1S/C14H24N2/c1-2-11-8-16(6-5-15-11)14-12-9-3-4-10(7-9)13(12)14/h9-15H,2-8H2,1H3. The van der Waals surface area contributed by atoms with Crippen molar-refractivity contribution in [1.82, 2.24) is 10.2 Å². The van der Waals surface area contributed by atoms with Crippen LogP contribution in [0.25, 0.3) is 0 Å². The molecule has 5 unspecified atom stereocenters. The minimum Gasteiger partial charge on any atom is -0.311 e. The Bertz CT molecular complexity index is 274. The first kappa shape index (κ1) is 9.90. The van der Waals surface area contributed by atoms with Gasteiger partial charge >= 0.3 is 0 Å². The number of fused-ring (bicyclic) bond motifs is 5. The molecule has 0 amide bonds. The summed E-state index contributed by atoms with van der Waals surface area (Å²) in [7, 11) is 0. The third-order valence-corrected chi connectivity index (χ3v) is 5.90. The van der Waals surface area contributed by atoms with Crippen molar-refractivity contribution in [2.45, 2.75) is 44.7 Å². The molecule has 0 radical (unpaired) electrons. The van der Waals surface area contributed by atoms with Crippen LogP contribution in [0.15, 0.2) is 0 Å². The second-order valence-corrected chi connectivity index (χ2v) is 6.53. The van der Waals surface area contributed by atoms with Crippen LogP contribution in [0.5, 0.6) is 0 Å². The molecule has 16 heavy (non-hydrogen) atoms. The Kier molecular flexibility index (Phi) is 2.14. The van der Waals surface area contributed by atoms with E-state index < -0.39 is 0 Å². The van der Waals surface area contributed by atoms with Crippen LogP contribution in [-0.2, 0) is 0 Å². The molecule has 0 aromatic rings. The summed E-state index contributed by atoms with van der Waals surface area (Å²) in [5.74, 6) is 4.54. The largest absolute Gasteiger partial charge is 0.311 e. The highest BCUT2D eigenvalue weighted by Gasteiger charge is 2.66. The van der Waals surface area contributed by atoms with E-state index in [1.54, 1.807) is 19.3 Å². The molecule has 0 aromatic heterocycles. The number of nitrogens with zero attached hydrogens (tertiary/aromatic N) is 1. The van der Waals surface area contributed by atoms with Crippen molar-refractivity contribution in [1.29, 1.82) is 0 Å². The van der Waals surface area contributed by atoms with Gasteiger partial charge in [0.2, 0.25) is 0 Å². The predicted octanol–water partition coefficient (Wildman–Crippen LogP) is 1.71. The van der Waals surface area contributed by atoms with E-state index in [1.165, 1.54) is 26.1 Å². The lowest BCUT2D eigenvalue weighted by Crippen LogP contribution is -2.52. The molecule has 1 saturated heterocycles. The van der Waals surface area contributed by atoms with E-state index in [-0.39, 0.29) is 0 Å². The fourth-order valence-corrected chi connectivity index (χ4v) is 5.16. The highest BCUT2D eigenvalue weighted by molar-refractivity contribution is 5.17. The van der Waals surface area contributed by atoms with E-state index in [4.69, 9.17) is 0 Å². The Hall–Kier alpha value is -0.0800. The molecule has 2 bridgehead atoms. The summed E-state index contributed by atoms with van der Waals surface area (Å²) < 4.78 is 0. The van der Waals surface area contributed by atoms with Gasteiger partial charge in [0.15, 0.2) is 0 Å². The van der Waals surface area contributed by atoms with Crippen LogP contribution in [0.4, 0.5) is 0 Å². The lowest BCUT2D eigenvalue weighted by molar-refractivity contribution is 0.161. The number of hydrogen-bond donors (Lipinski definition) is 1. The average Bonchev–Trinajstić information content (AvgIpc) is 2.78. The number of rotatable bonds is 2. The number of nitrogens with one attached hydrogen (secondary N) is 1. The number of hydrogen-bond acceptors (Lipinski definition) is 2. The van der Waals surface area contributed by atoms with Gasteiger partial charge in [-0.25, -0.2) is 0 Å². The molecule has 5 atom stereocenters. The van der Waals surface area contributed by atoms with Crippen molar-refractivity contribution in [3.8, 4) is 0 Å². The Morgan fingerprint density at radius 1 is 1.19 bits per heavy atom. The molecule has 4 rings (SSSR count). The molecule has 0 spiro atoms.